The summed E-state index contributed by atoms with van der Waals surface area (Å²) >= 11 is 0. The lowest BCUT2D eigenvalue weighted by molar-refractivity contribution is -0.137. The highest BCUT2D eigenvalue weighted by Gasteiger charge is 2.29. The third-order valence-electron chi connectivity index (χ3n) is 4.02. The van der Waals surface area contributed by atoms with Crippen LogP contribution in [0.5, 0.6) is 11.6 Å². The van der Waals surface area contributed by atoms with E-state index in [9.17, 15) is 9.59 Å². The third kappa shape index (κ3) is 3.71. The molecule has 6 heteroatoms. The molecule has 1 aliphatic rings. The summed E-state index contributed by atoms with van der Waals surface area (Å²) in [6, 6.07) is 12.7. The van der Waals surface area contributed by atoms with Gasteiger partial charge in [0.1, 0.15) is 11.4 Å². The molecule has 2 heterocycles. The third-order valence-corrected chi connectivity index (χ3v) is 4.02. The SMILES string of the molecule is CN1CCC(C(=O)Nc2cccnc2Oc2ccccc2)CC1=O. The van der Waals surface area contributed by atoms with Crippen LogP contribution in [0.25, 0.3) is 0 Å². The van der Waals surface area contributed by atoms with Gasteiger partial charge in [0.05, 0.1) is 0 Å². The van der Waals surface area contributed by atoms with Gasteiger partial charge in [-0.1, -0.05) is 18.2 Å². The van der Waals surface area contributed by atoms with Crippen molar-refractivity contribution in [2.75, 3.05) is 18.9 Å². The van der Waals surface area contributed by atoms with Gasteiger partial charge < -0.3 is 15.0 Å². The van der Waals surface area contributed by atoms with Gasteiger partial charge in [0.15, 0.2) is 0 Å². The second kappa shape index (κ2) is 7.12. The number of amides is 2. The lowest BCUT2D eigenvalue weighted by atomic mass is 9.95. The summed E-state index contributed by atoms with van der Waals surface area (Å²) < 4.78 is 5.73. The van der Waals surface area contributed by atoms with E-state index in [1.54, 1.807) is 30.3 Å². The first-order valence-corrected chi connectivity index (χ1v) is 7.86. The summed E-state index contributed by atoms with van der Waals surface area (Å²) in [6.07, 6.45) is 2.49. The predicted molar refractivity (Wildman–Crippen MR) is 89.7 cm³/mol. The number of hydrogen-bond acceptors (Lipinski definition) is 4. The van der Waals surface area contributed by atoms with Crippen molar-refractivity contribution in [3.63, 3.8) is 0 Å². The number of ether oxygens (including phenoxy) is 1. The fraction of sp³-hybridized carbons (Fsp3) is 0.278. The van der Waals surface area contributed by atoms with E-state index in [0.29, 0.717) is 30.3 Å². The number of aromatic nitrogens is 1. The highest BCUT2D eigenvalue weighted by atomic mass is 16.5. The number of pyridine rings is 1. The molecule has 1 aromatic heterocycles. The first kappa shape index (κ1) is 16.0. The van der Waals surface area contributed by atoms with Gasteiger partial charge in [-0.2, -0.15) is 0 Å². The lowest BCUT2D eigenvalue weighted by Crippen LogP contribution is -2.39. The molecule has 1 N–H and O–H groups in total. The number of anilines is 1. The van der Waals surface area contributed by atoms with Crippen molar-refractivity contribution >= 4 is 17.5 Å². The minimum Gasteiger partial charge on any atom is -0.437 e. The Hall–Kier alpha value is -2.89. The molecule has 1 unspecified atom stereocenters. The van der Waals surface area contributed by atoms with Gasteiger partial charge in [-0.15, -0.1) is 0 Å². The highest BCUT2D eigenvalue weighted by molar-refractivity contribution is 5.96. The maximum Gasteiger partial charge on any atom is 0.243 e. The quantitative estimate of drug-likeness (QED) is 0.938. The van der Waals surface area contributed by atoms with Crippen LogP contribution in [-0.4, -0.2) is 35.3 Å². The molecule has 1 aromatic carbocycles. The van der Waals surface area contributed by atoms with Crippen LogP contribution < -0.4 is 10.1 Å². The zero-order chi connectivity index (χ0) is 16.9. The van der Waals surface area contributed by atoms with E-state index in [1.807, 2.05) is 30.3 Å². The molecular weight excluding hydrogens is 306 g/mol. The van der Waals surface area contributed by atoms with Crippen molar-refractivity contribution in [1.29, 1.82) is 0 Å². The fourth-order valence-corrected chi connectivity index (χ4v) is 2.57. The molecule has 124 valence electrons. The molecule has 0 bridgehead atoms. The van der Waals surface area contributed by atoms with Crippen molar-refractivity contribution in [3.05, 3.63) is 48.7 Å². The van der Waals surface area contributed by atoms with E-state index in [0.717, 1.165) is 0 Å². The maximum absolute atomic E-state index is 12.5. The molecule has 1 atom stereocenters. The second-order valence-corrected chi connectivity index (χ2v) is 5.77. The van der Waals surface area contributed by atoms with Gasteiger partial charge in [-0.3, -0.25) is 9.59 Å². The van der Waals surface area contributed by atoms with Crippen LogP contribution in [-0.2, 0) is 9.59 Å². The first-order valence-electron chi connectivity index (χ1n) is 7.86. The van der Waals surface area contributed by atoms with E-state index in [-0.39, 0.29) is 24.2 Å². The Balaban J connectivity index is 1.71. The molecule has 1 saturated heterocycles. The second-order valence-electron chi connectivity index (χ2n) is 5.77. The van der Waals surface area contributed by atoms with Crippen LogP contribution in [0.4, 0.5) is 5.69 Å². The standard InChI is InChI=1S/C18H19N3O3/c1-21-11-9-13(12-16(21)22)17(23)20-15-8-5-10-19-18(15)24-14-6-3-2-4-7-14/h2-8,10,13H,9,11-12H2,1H3,(H,20,23). The topological polar surface area (TPSA) is 71.5 Å². The number of hydrogen-bond donors (Lipinski definition) is 1. The normalized spacial score (nSPS) is 17.5. The number of piperidine rings is 1. The Bertz CT molecular complexity index is 733. The van der Waals surface area contributed by atoms with Crippen LogP contribution in [0, 0.1) is 5.92 Å². The maximum atomic E-state index is 12.5. The predicted octanol–water partition coefficient (Wildman–Crippen LogP) is 2.68. The summed E-state index contributed by atoms with van der Waals surface area (Å²) in [5.41, 5.74) is 0.498. The first-order chi connectivity index (χ1) is 11.6. The van der Waals surface area contributed by atoms with E-state index in [1.165, 1.54) is 0 Å². The Morgan fingerprint density at radius 1 is 1.25 bits per heavy atom. The van der Waals surface area contributed by atoms with E-state index in [4.69, 9.17) is 4.74 Å². The number of likely N-dealkylation sites (tertiary alicyclic amines) is 1. The van der Waals surface area contributed by atoms with Crippen molar-refractivity contribution in [2.24, 2.45) is 5.92 Å². The number of nitrogens with zero attached hydrogens (tertiary/aromatic N) is 2. The smallest absolute Gasteiger partial charge is 0.243 e. The summed E-state index contributed by atoms with van der Waals surface area (Å²) in [4.78, 5) is 30.1. The van der Waals surface area contributed by atoms with Gasteiger partial charge in [-0.25, -0.2) is 4.98 Å². The van der Waals surface area contributed by atoms with Crippen LogP contribution in [0.1, 0.15) is 12.8 Å². The zero-order valence-corrected chi connectivity index (χ0v) is 13.4. The van der Waals surface area contributed by atoms with Crippen molar-refractivity contribution in [3.8, 4) is 11.6 Å². The minimum absolute atomic E-state index is 0.00616. The van der Waals surface area contributed by atoms with Gasteiger partial charge in [0.25, 0.3) is 0 Å². The van der Waals surface area contributed by atoms with Crippen LogP contribution >= 0.6 is 0 Å². The van der Waals surface area contributed by atoms with Crippen LogP contribution in [0.15, 0.2) is 48.7 Å². The minimum atomic E-state index is -0.321. The number of rotatable bonds is 4. The fourth-order valence-electron chi connectivity index (χ4n) is 2.57. The van der Waals surface area contributed by atoms with Crippen molar-refractivity contribution in [1.82, 2.24) is 9.88 Å². The van der Waals surface area contributed by atoms with Crippen LogP contribution in [0.2, 0.25) is 0 Å². The molecule has 1 fully saturated rings. The van der Waals surface area contributed by atoms with Gasteiger partial charge in [0.2, 0.25) is 17.7 Å². The number of para-hydroxylation sites is 1. The van der Waals surface area contributed by atoms with E-state index in [2.05, 4.69) is 10.3 Å². The molecule has 3 rings (SSSR count). The largest absolute Gasteiger partial charge is 0.437 e. The lowest BCUT2D eigenvalue weighted by Gasteiger charge is -2.28. The molecule has 0 aliphatic carbocycles. The molecule has 1 aliphatic heterocycles. The molecule has 0 saturated carbocycles. The monoisotopic (exact) mass is 325 g/mol. The van der Waals surface area contributed by atoms with Gasteiger partial charge >= 0.3 is 0 Å². The Morgan fingerprint density at radius 2 is 2.04 bits per heavy atom. The summed E-state index contributed by atoms with van der Waals surface area (Å²) in [5, 5.41) is 2.84. The summed E-state index contributed by atoms with van der Waals surface area (Å²) in [6.45, 7) is 0.595. The Kier molecular flexibility index (Phi) is 4.74. The van der Waals surface area contributed by atoms with Gasteiger partial charge in [-0.05, 0) is 30.7 Å². The number of benzene rings is 1. The van der Waals surface area contributed by atoms with Crippen molar-refractivity contribution < 1.29 is 14.3 Å². The number of nitrogens with one attached hydrogen (secondary N) is 1. The number of carbonyl (C=O) groups is 2. The molecule has 24 heavy (non-hydrogen) atoms. The number of carbonyl (C=O) groups excluding carboxylic acids is 2. The average Bonchev–Trinajstić information content (AvgIpc) is 2.60. The van der Waals surface area contributed by atoms with Crippen LogP contribution in [0.3, 0.4) is 0 Å². The Labute approximate surface area is 140 Å². The van der Waals surface area contributed by atoms with Gasteiger partial charge in [0, 0.05) is 32.1 Å². The van der Waals surface area contributed by atoms with Crippen molar-refractivity contribution in [2.45, 2.75) is 12.8 Å². The van der Waals surface area contributed by atoms with E-state index < -0.39 is 0 Å². The Morgan fingerprint density at radius 3 is 2.79 bits per heavy atom. The zero-order valence-electron chi connectivity index (χ0n) is 13.4. The average molecular weight is 325 g/mol. The molecule has 0 spiro atoms. The summed E-state index contributed by atoms with van der Waals surface area (Å²) in [7, 11) is 1.75. The molecule has 6 nitrogen and oxygen atoms in total. The molecule has 2 aromatic rings. The molecule has 2 amide bonds. The summed E-state index contributed by atoms with van der Waals surface area (Å²) in [5.74, 6) is 0.465. The highest BCUT2D eigenvalue weighted by Crippen LogP contribution is 2.28. The molecular formula is C18H19N3O3. The van der Waals surface area contributed by atoms with E-state index >= 15 is 0 Å². The molecule has 0 radical (unpaired) electrons.